The van der Waals surface area contributed by atoms with Crippen LogP contribution in [0.2, 0.25) is 0 Å². The molecule has 2 saturated heterocycles. The lowest BCUT2D eigenvalue weighted by atomic mass is 10.00. The number of carbonyl (C=O) groups excluding carboxylic acids is 1. The average molecular weight is 349 g/mol. The Bertz CT molecular complexity index is 606. The molecular formula is C20H28FNO3. The van der Waals surface area contributed by atoms with Gasteiger partial charge in [-0.3, -0.25) is 0 Å². The molecule has 0 spiro atoms. The van der Waals surface area contributed by atoms with E-state index in [9.17, 15) is 9.18 Å². The van der Waals surface area contributed by atoms with Crippen LogP contribution in [-0.4, -0.2) is 34.8 Å². The average Bonchev–Trinajstić information content (AvgIpc) is 2.76. The summed E-state index contributed by atoms with van der Waals surface area (Å²) in [4.78, 5) is 14.4. The Morgan fingerprint density at radius 3 is 2.44 bits per heavy atom. The molecule has 1 unspecified atom stereocenters. The molecule has 5 heteroatoms. The first-order chi connectivity index (χ1) is 11.7. The predicted octanol–water partition coefficient (Wildman–Crippen LogP) is 4.58. The number of nitrogens with zero attached hydrogens (tertiary/aromatic N) is 1. The fourth-order valence-electron chi connectivity index (χ4n) is 3.93. The topological polar surface area (TPSA) is 38.8 Å². The largest absolute Gasteiger partial charge is 0.444 e. The number of fused-ring (bicyclic) bond motifs is 2. The van der Waals surface area contributed by atoms with E-state index in [0.717, 1.165) is 31.2 Å². The molecule has 0 radical (unpaired) electrons. The molecule has 2 aliphatic heterocycles. The quantitative estimate of drug-likeness (QED) is 0.802. The van der Waals surface area contributed by atoms with Crippen molar-refractivity contribution >= 4 is 6.09 Å². The first-order valence-corrected chi connectivity index (χ1v) is 9.11. The number of halogens is 1. The maximum Gasteiger partial charge on any atom is 0.410 e. The monoisotopic (exact) mass is 349 g/mol. The van der Waals surface area contributed by atoms with Gasteiger partial charge in [-0.2, -0.15) is 0 Å². The van der Waals surface area contributed by atoms with E-state index < -0.39 is 5.60 Å². The number of benzene rings is 1. The van der Waals surface area contributed by atoms with Crippen molar-refractivity contribution in [1.29, 1.82) is 0 Å². The van der Waals surface area contributed by atoms with E-state index in [2.05, 4.69) is 0 Å². The maximum absolute atomic E-state index is 13.9. The van der Waals surface area contributed by atoms with Gasteiger partial charge in [0.15, 0.2) is 0 Å². The molecule has 3 rings (SSSR count). The summed E-state index contributed by atoms with van der Waals surface area (Å²) in [5.74, 6) is -0.214. The Labute approximate surface area is 149 Å². The van der Waals surface area contributed by atoms with Gasteiger partial charge in [0.2, 0.25) is 0 Å². The lowest BCUT2D eigenvalue weighted by molar-refractivity contribution is -0.0402. The standard InChI is InChI=1S/C20H28FNO3/c1-13-6-5-7-18(21)17(13)12-24-16-10-14-8-9-15(11-16)22(14)19(23)25-20(2,3)4/h5-7,14-16H,8-12H2,1-4H3/t14-,15+,16?. The number of carbonyl (C=O) groups is 1. The van der Waals surface area contributed by atoms with Crippen LogP contribution >= 0.6 is 0 Å². The third-order valence-corrected chi connectivity index (χ3v) is 5.11. The lowest BCUT2D eigenvalue weighted by Crippen LogP contribution is -2.50. The fourth-order valence-corrected chi connectivity index (χ4v) is 3.93. The Morgan fingerprint density at radius 1 is 1.24 bits per heavy atom. The summed E-state index contributed by atoms with van der Waals surface area (Å²) in [6.45, 7) is 7.85. The summed E-state index contributed by atoms with van der Waals surface area (Å²) in [5.41, 5.74) is 1.06. The van der Waals surface area contributed by atoms with Gasteiger partial charge in [0, 0.05) is 17.6 Å². The van der Waals surface area contributed by atoms with Crippen molar-refractivity contribution in [2.24, 2.45) is 0 Å². The van der Waals surface area contributed by atoms with Crippen LogP contribution < -0.4 is 0 Å². The summed E-state index contributed by atoms with van der Waals surface area (Å²) in [5, 5.41) is 0. The zero-order valence-corrected chi connectivity index (χ0v) is 15.5. The van der Waals surface area contributed by atoms with E-state index in [-0.39, 0.29) is 36.7 Å². The summed E-state index contributed by atoms with van der Waals surface area (Å²) in [6.07, 6.45) is 3.41. The first kappa shape index (κ1) is 18.2. The highest BCUT2D eigenvalue weighted by Gasteiger charge is 2.45. The molecule has 0 aliphatic carbocycles. The fraction of sp³-hybridized carbons (Fsp3) is 0.650. The zero-order chi connectivity index (χ0) is 18.2. The highest BCUT2D eigenvalue weighted by atomic mass is 19.1. The normalized spacial score (nSPS) is 26.0. The van der Waals surface area contributed by atoms with Gasteiger partial charge in [0.25, 0.3) is 0 Å². The Morgan fingerprint density at radius 2 is 1.88 bits per heavy atom. The van der Waals surface area contributed by atoms with E-state index in [4.69, 9.17) is 9.47 Å². The maximum atomic E-state index is 13.9. The van der Waals surface area contributed by atoms with Crippen molar-refractivity contribution in [3.05, 3.63) is 35.1 Å². The van der Waals surface area contributed by atoms with Gasteiger partial charge >= 0.3 is 6.09 Å². The van der Waals surface area contributed by atoms with E-state index >= 15 is 0 Å². The summed E-state index contributed by atoms with van der Waals surface area (Å²) in [7, 11) is 0. The molecule has 1 aromatic rings. The zero-order valence-electron chi connectivity index (χ0n) is 15.5. The van der Waals surface area contributed by atoms with Gasteiger partial charge in [0.05, 0.1) is 12.7 Å². The van der Waals surface area contributed by atoms with Crippen molar-refractivity contribution in [1.82, 2.24) is 4.90 Å². The highest BCUT2D eigenvalue weighted by Crippen LogP contribution is 2.38. The number of rotatable bonds is 3. The third kappa shape index (κ3) is 4.14. The molecule has 138 valence electrons. The van der Waals surface area contributed by atoms with Gasteiger partial charge in [-0.25, -0.2) is 9.18 Å². The molecule has 3 atom stereocenters. The molecule has 2 heterocycles. The molecular weight excluding hydrogens is 321 g/mol. The predicted molar refractivity (Wildman–Crippen MR) is 93.8 cm³/mol. The van der Waals surface area contributed by atoms with Crippen LogP contribution in [0.4, 0.5) is 9.18 Å². The molecule has 2 fully saturated rings. The van der Waals surface area contributed by atoms with Gasteiger partial charge in [-0.1, -0.05) is 12.1 Å². The lowest BCUT2D eigenvalue weighted by Gasteiger charge is -2.39. The second kappa shape index (κ2) is 6.94. The van der Waals surface area contributed by atoms with Crippen LogP contribution in [0.15, 0.2) is 18.2 Å². The van der Waals surface area contributed by atoms with Crippen molar-refractivity contribution in [3.63, 3.8) is 0 Å². The van der Waals surface area contributed by atoms with Crippen LogP contribution in [0.3, 0.4) is 0 Å². The smallest absolute Gasteiger partial charge is 0.410 e. The Balaban J connectivity index is 1.59. The van der Waals surface area contributed by atoms with Crippen LogP contribution in [-0.2, 0) is 16.1 Å². The van der Waals surface area contributed by atoms with Crippen molar-refractivity contribution in [2.45, 2.75) is 83.8 Å². The van der Waals surface area contributed by atoms with Crippen molar-refractivity contribution < 1.29 is 18.7 Å². The molecule has 1 amide bonds. The third-order valence-electron chi connectivity index (χ3n) is 5.11. The number of hydrogen-bond donors (Lipinski definition) is 0. The SMILES string of the molecule is Cc1cccc(F)c1COC1C[C@H]2CC[C@@H](C1)N2C(=O)OC(C)(C)C. The van der Waals surface area contributed by atoms with E-state index in [0.29, 0.717) is 5.56 Å². The molecule has 1 aromatic carbocycles. The molecule has 0 saturated carbocycles. The highest BCUT2D eigenvalue weighted by molar-refractivity contribution is 5.69. The van der Waals surface area contributed by atoms with Crippen LogP contribution in [0.25, 0.3) is 0 Å². The minimum atomic E-state index is -0.480. The molecule has 25 heavy (non-hydrogen) atoms. The second-order valence-electron chi connectivity index (χ2n) is 8.21. The number of amides is 1. The van der Waals surface area contributed by atoms with Gasteiger partial charge < -0.3 is 14.4 Å². The van der Waals surface area contributed by atoms with E-state index in [1.54, 1.807) is 6.07 Å². The van der Waals surface area contributed by atoms with Crippen molar-refractivity contribution in [2.75, 3.05) is 0 Å². The summed E-state index contributed by atoms with van der Waals surface area (Å²) >= 11 is 0. The summed E-state index contributed by atoms with van der Waals surface area (Å²) < 4.78 is 25.5. The van der Waals surface area contributed by atoms with Crippen molar-refractivity contribution in [3.8, 4) is 0 Å². The molecule has 4 nitrogen and oxygen atoms in total. The number of aryl methyl sites for hydroxylation is 1. The van der Waals surface area contributed by atoms with Gasteiger partial charge in [-0.05, 0) is 65.0 Å². The van der Waals surface area contributed by atoms with Crippen LogP contribution in [0.1, 0.15) is 57.6 Å². The summed E-state index contributed by atoms with van der Waals surface area (Å²) in [6, 6.07) is 5.42. The molecule has 2 bridgehead atoms. The van der Waals surface area contributed by atoms with Gasteiger partial charge in [-0.15, -0.1) is 0 Å². The molecule has 0 N–H and O–H groups in total. The second-order valence-corrected chi connectivity index (χ2v) is 8.21. The molecule has 0 aromatic heterocycles. The Hall–Kier alpha value is -1.62. The van der Waals surface area contributed by atoms with E-state index in [1.807, 2.05) is 38.7 Å². The number of piperidine rings is 1. The number of ether oxygens (including phenoxy) is 2. The minimum absolute atomic E-state index is 0.0650. The number of hydrogen-bond acceptors (Lipinski definition) is 3. The van der Waals surface area contributed by atoms with Crippen LogP contribution in [0.5, 0.6) is 0 Å². The van der Waals surface area contributed by atoms with Gasteiger partial charge in [0.1, 0.15) is 11.4 Å². The minimum Gasteiger partial charge on any atom is -0.444 e. The Kier molecular flexibility index (Phi) is 5.05. The molecule has 2 aliphatic rings. The van der Waals surface area contributed by atoms with Crippen LogP contribution in [0, 0.1) is 12.7 Å². The van der Waals surface area contributed by atoms with E-state index in [1.165, 1.54) is 6.07 Å². The first-order valence-electron chi connectivity index (χ1n) is 9.11.